The van der Waals surface area contributed by atoms with E-state index in [-0.39, 0.29) is 6.79 Å². The summed E-state index contributed by atoms with van der Waals surface area (Å²) in [6.45, 7) is 1.24. The van der Waals surface area contributed by atoms with Crippen LogP contribution in [0.4, 0.5) is 0 Å². The summed E-state index contributed by atoms with van der Waals surface area (Å²) in [5.74, 6) is 0.732. The van der Waals surface area contributed by atoms with Crippen LogP contribution in [0.3, 0.4) is 0 Å². The van der Waals surface area contributed by atoms with Crippen LogP contribution in [0.25, 0.3) is 0 Å². The van der Waals surface area contributed by atoms with Crippen LogP contribution in [0.15, 0.2) is 48.5 Å². The largest absolute Gasteiger partial charge is 0.467 e. The van der Waals surface area contributed by atoms with E-state index in [4.69, 9.17) is 26.8 Å². The average molecular weight is 292 g/mol. The van der Waals surface area contributed by atoms with Gasteiger partial charge in [-0.15, -0.1) is 0 Å². The molecule has 0 amide bonds. The van der Waals surface area contributed by atoms with Crippen LogP contribution in [0.1, 0.15) is 11.1 Å². The van der Waals surface area contributed by atoms with Crippen molar-refractivity contribution in [1.82, 2.24) is 0 Å². The molecule has 0 fully saturated rings. The molecule has 2 rings (SSSR count). The van der Waals surface area contributed by atoms with Gasteiger partial charge < -0.3 is 15.2 Å². The second-order valence-electron chi connectivity index (χ2n) is 4.35. The zero-order chi connectivity index (χ0) is 14.2. The SMILES string of the molecule is NCCc1c(Cl)cccc1OCOCc1ccccc1. The molecule has 0 spiro atoms. The lowest BCUT2D eigenvalue weighted by molar-refractivity contribution is 0.00456. The molecule has 2 aromatic carbocycles. The molecule has 0 aliphatic heterocycles. The summed E-state index contributed by atoms with van der Waals surface area (Å²) in [7, 11) is 0. The summed E-state index contributed by atoms with van der Waals surface area (Å²) in [5.41, 5.74) is 7.63. The van der Waals surface area contributed by atoms with Gasteiger partial charge in [0.25, 0.3) is 0 Å². The zero-order valence-electron chi connectivity index (χ0n) is 11.2. The fourth-order valence-electron chi connectivity index (χ4n) is 1.90. The van der Waals surface area contributed by atoms with Gasteiger partial charge in [-0.3, -0.25) is 0 Å². The smallest absolute Gasteiger partial charge is 0.189 e. The van der Waals surface area contributed by atoms with Crippen molar-refractivity contribution in [3.63, 3.8) is 0 Å². The molecule has 0 aliphatic rings. The van der Waals surface area contributed by atoms with Crippen LogP contribution in [0.2, 0.25) is 5.02 Å². The first-order chi connectivity index (χ1) is 9.81. The molecule has 0 saturated heterocycles. The van der Waals surface area contributed by atoms with Crippen molar-refractivity contribution in [3.8, 4) is 5.75 Å². The lowest BCUT2D eigenvalue weighted by Crippen LogP contribution is -2.08. The second-order valence-corrected chi connectivity index (χ2v) is 4.76. The lowest BCUT2D eigenvalue weighted by Gasteiger charge is -2.12. The molecule has 0 unspecified atom stereocenters. The molecule has 0 bridgehead atoms. The normalized spacial score (nSPS) is 10.5. The van der Waals surface area contributed by atoms with E-state index in [1.807, 2.05) is 48.5 Å². The first-order valence-corrected chi connectivity index (χ1v) is 6.91. The van der Waals surface area contributed by atoms with Gasteiger partial charge in [-0.1, -0.05) is 48.0 Å². The third-order valence-corrected chi connectivity index (χ3v) is 3.23. The highest BCUT2D eigenvalue weighted by molar-refractivity contribution is 6.31. The Bertz CT molecular complexity index is 531. The highest BCUT2D eigenvalue weighted by Gasteiger charge is 2.07. The molecular formula is C16H18ClNO2. The van der Waals surface area contributed by atoms with Gasteiger partial charge in [-0.2, -0.15) is 0 Å². The lowest BCUT2D eigenvalue weighted by atomic mass is 10.1. The third kappa shape index (κ3) is 4.23. The maximum absolute atomic E-state index is 6.14. The Morgan fingerprint density at radius 2 is 1.80 bits per heavy atom. The number of halogens is 1. The number of hydrogen-bond acceptors (Lipinski definition) is 3. The molecule has 0 aromatic heterocycles. The van der Waals surface area contributed by atoms with Crippen molar-refractivity contribution in [2.45, 2.75) is 13.0 Å². The Morgan fingerprint density at radius 1 is 1.00 bits per heavy atom. The van der Waals surface area contributed by atoms with Gasteiger partial charge in [0.2, 0.25) is 0 Å². The van der Waals surface area contributed by atoms with Gasteiger partial charge in [-0.05, 0) is 30.7 Å². The van der Waals surface area contributed by atoms with E-state index in [9.17, 15) is 0 Å². The quantitative estimate of drug-likeness (QED) is 0.628. The number of benzene rings is 2. The predicted molar refractivity (Wildman–Crippen MR) is 80.9 cm³/mol. The first-order valence-electron chi connectivity index (χ1n) is 6.53. The molecule has 20 heavy (non-hydrogen) atoms. The monoisotopic (exact) mass is 291 g/mol. The van der Waals surface area contributed by atoms with Crippen molar-refractivity contribution in [2.75, 3.05) is 13.3 Å². The van der Waals surface area contributed by atoms with Gasteiger partial charge in [0.15, 0.2) is 6.79 Å². The summed E-state index contributed by atoms with van der Waals surface area (Å²) < 4.78 is 11.1. The maximum atomic E-state index is 6.14. The predicted octanol–water partition coefficient (Wildman–Crippen LogP) is 3.39. The Hall–Kier alpha value is -1.55. The van der Waals surface area contributed by atoms with Crippen LogP contribution in [-0.2, 0) is 17.8 Å². The summed E-state index contributed by atoms with van der Waals surface area (Å²) in [6.07, 6.45) is 0.688. The topological polar surface area (TPSA) is 44.5 Å². The Balaban J connectivity index is 1.86. The molecule has 2 N–H and O–H groups in total. The van der Waals surface area contributed by atoms with Gasteiger partial charge in [-0.25, -0.2) is 0 Å². The van der Waals surface area contributed by atoms with E-state index in [1.54, 1.807) is 0 Å². The molecule has 0 aliphatic carbocycles. The average Bonchev–Trinajstić information content (AvgIpc) is 2.48. The molecule has 0 heterocycles. The minimum atomic E-state index is 0.187. The van der Waals surface area contributed by atoms with E-state index in [1.165, 1.54) is 0 Å². The van der Waals surface area contributed by atoms with Crippen LogP contribution >= 0.6 is 11.6 Å². The second kappa shape index (κ2) is 7.90. The first kappa shape index (κ1) is 14.9. The van der Waals surface area contributed by atoms with Gasteiger partial charge in [0.05, 0.1) is 6.61 Å². The summed E-state index contributed by atoms with van der Waals surface area (Å²) >= 11 is 6.14. The van der Waals surface area contributed by atoms with Gasteiger partial charge in [0.1, 0.15) is 5.75 Å². The van der Waals surface area contributed by atoms with Gasteiger partial charge >= 0.3 is 0 Å². The molecule has 2 aromatic rings. The molecule has 0 atom stereocenters. The zero-order valence-corrected chi connectivity index (χ0v) is 12.0. The van der Waals surface area contributed by atoms with Crippen molar-refractivity contribution in [2.24, 2.45) is 5.73 Å². The summed E-state index contributed by atoms with van der Waals surface area (Å²) in [5, 5.41) is 0.677. The number of nitrogens with two attached hydrogens (primary N) is 1. The molecule has 0 saturated carbocycles. The number of rotatable bonds is 7. The number of hydrogen-bond donors (Lipinski definition) is 1. The van der Waals surface area contributed by atoms with Gasteiger partial charge in [0, 0.05) is 10.6 Å². The number of ether oxygens (including phenoxy) is 2. The van der Waals surface area contributed by atoms with E-state index in [0.717, 1.165) is 16.9 Å². The van der Waals surface area contributed by atoms with E-state index in [2.05, 4.69) is 0 Å². The van der Waals surface area contributed by atoms with Crippen molar-refractivity contribution in [3.05, 3.63) is 64.7 Å². The fraction of sp³-hybridized carbons (Fsp3) is 0.250. The van der Waals surface area contributed by atoms with Crippen molar-refractivity contribution >= 4 is 11.6 Å². The standard InChI is InChI=1S/C16H18ClNO2/c17-15-7-4-8-16(14(15)9-10-18)20-12-19-11-13-5-2-1-3-6-13/h1-8H,9-12,18H2. The molecular weight excluding hydrogens is 274 g/mol. The van der Waals surface area contributed by atoms with Crippen LogP contribution in [0, 0.1) is 0 Å². The summed E-state index contributed by atoms with van der Waals surface area (Å²) in [6, 6.07) is 15.5. The Labute approximate surface area is 124 Å². The highest BCUT2D eigenvalue weighted by atomic mass is 35.5. The van der Waals surface area contributed by atoms with Crippen LogP contribution in [-0.4, -0.2) is 13.3 Å². The molecule has 106 valence electrons. The maximum Gasteiger partial charge on any atom is 0.189 e. The molecule has 0 radical (unpaired) electrons. The highest BCUT2D eigenvalue weighted by Crippen LogP contribution is 2.26. The van der Waals surface area contributed by atoms with E-state index >= 15 is 0 Å². The Morgan fingerprint density at radius 3 is 2.55 bits per heavy atom. The van der Waals surface area contributed by atoms with Crippen molar-refractivity contribution < 1.29 is 9.47 Å². The molecule has 4 heteroatoms. The minimum Gasteiger partial charge on any atom is -0.467 e. The fourth-order valence-corrected chi connectivity index (χ4v) is 2.16. The van der Waals surface area contributed by atoms with Crippen LogP contribution in [0.5, 0.6) is 5.75 Å². The summed E-state index contributed by atoms with van der Waals surface area (Å²) in [4.78, 5) is 0. The van der Waals surface area contributed by atoms with Crippen LogP contribution < -0.4 is 10.5 Å². The van der Waals surface area contributed by atoms with E-state index in [0.29, 0.717) is 24.6 Å². The minimum absolute atomic E-state index is 0.187. The third-order valence-electron chi connectivity index (χ3n) is 2.88. The van der Waals surface area contributed by atoms with E-state index < -0.39 is 0 Å². The Kier molecular flexibility index (Phi) is 5.87. The van der Waals surface area contributed by atoms with Crippen molar-refractivity contribution in [1.29, 1.82) is 0 Å². The molecule has 3 nitrogen and oxygen atoms in total.